The van der Waals surface area contributed by atoms with Crippen LogP contribution in [0.15, 0.2) is 21.9 Å². The van der Waals surface area contributed by atoms with Crippen LogP contribution in [0.5, 0.6) is 0 Å². The van der Waals surface area contributed by atoms with E-state index in [1.165, 1.54) is 0 Å². The van der Waals surface area contributed by atoms with E-state index in [4.69, 9.17) is 17.0 Å². The number of thiophene rings is 1. The van der Waals surface area contributed by atoms with Crippen molar-refractivity contribution in [3.8, 4) is 0 Å². The summed E-state index contributed by atoms with van der Waals surface area (Å²) in [6, 6.07) is 2.01. The first kappa shape index (κ1) is 15.4. The van der Waals surface area contributed by atoms with E-state index in [2.05, 4.69) is 20.7 Å². The largest absolute Gasteiger partial charge is 0.379 e. The van der Waals surface area contributed by atoms with Crippen molar-refractivity contribution in [2.75, 3.05) is 39.4 Å². The van der Waals surface area contributed by atoms with Crippen molar-refractivity contribution in [1.29, 1.82) is 0 Å². The molecule has 0 unspecified atom stereocenters. The molecule has 110 valence electrons. The summed E-state index contributed by atoms with van der Waals surface area (Å²) in [5.74, 6) is 0. The Morgan fingerprint density at radius 3 is 3.10 bits per heavy atom. The van der Waals surface area contributed by atoms with Crippen LogP contribution in [0.4, 0.5) is 0 Å². The van der Waals surface area contributed by atoms with Gasteiger partial charge in [0, 0.05) is 25.2 Å². The number of nitrogens with zero attached hydrogens (tertiary/aromatic N) is 2. The lowest BCUT2D eigenvalue weighted by molar-refractivity contribution is 0.0376. The molecule has 2 heterocycles. The van der Waals surface area contributed by atoms with E-state index in [-0.39, 0.29) is 0 Å². The molecule has 1 aliphatic rings. The van der Waals surface area contributed by atoms with Gasteiger partial charge >= 0.3 is 0 Å². The van der Waals surface area contributed by atoms with E-state index < -0.39 is 0 Å². The fourth-order valence-corrected chi connectivity index (χ4v) is 2.65. The zero-order valence-electron chi connectivity index (χ0n) is 11.4. The third-order valence-corrected chi connectivity index (χ3v) is 3.90. The third-order valence-electron chi connectivity index (χ3n) is 2.96. The number of rotatable bonds is 6. The van der Waals surface area contributed by atoms with Crippen molar-refractivity contribution in [3.05, 3.63) is 22.4 Å². The molecule has 0 atom stereocenters. The molecule has 0 saturated carbocycles. The van der Waals surface area contributed by atoms with Crippen molar-refractivity contribution in [3.63, 3.8) is 0 Å². The van der Waals surface area contributed by atoms with Gasteiger partial charge in [-0.15, -0.1) is 0 Å². The Balaban J connectivity index is 1.51. The summed E-state index contributed by atoms with van der Waals surface area (Å²) in [5.41, 5.74) is 3.90. The van der Waals surface area contributed by atoms with Gasteiger partial charge in [0.15, 0.2) is 5.11 Å². The lowest BCUT2D eigenvalue weighted by atomic mass is 10.3. The molecule has 1 saturated heterocycles. The van der Waals surface area contributed by atoms with E-state index >= 15 is 0 Å². The molecule has 5 nitrogen and oxygen atoms in total. The summed E-state index contributed by atoms with van der Waals surface area (Å²) < 4.78 is 5.32. The fraction of sp³-hybridized carbons (Fsp3) is 0.538. The molecule has 2 rings (SSSR count). The first-order chi connectivity index (χ1) is 9.84. The molecular formula is C13H20N4OS2. The molecule has 0 amide bonds. The van der Waals surface area contributed by atoms with Crippen LogP contribution in [0.2, 0.25) is 0 Å². The summed E-state index contributed by atoms with van der Waals surface area (Å²) in [6.07, 6.45) is 2.83. The maximum atomic E-state index is 5.32. The second kappa shape index (κ2) is 9.02. The number of nitrogens with one attached hydrogen (secondary N) is 2. The van der Waals surface area contributed by atoms with E-state index in [1.807, 2.05) is 16.8 Å². The van der Waals surface area contributed by atoms with E-state index in [0.717, 1.165) is 51.4 Å². The number of hydrazone groups is 1. The van der Waals surface area contributed by atoms with Gasteiger partial charge in [0.1, 0.15) is 0 Å². The molecular weight excluding hydrogens is 292 g/mol. The number of hydrogen-bond acceptors (Lipinski definition) is 5. The Kier molecular flexibility index (Phi) is 6.93. The highest BCUT2D eigenvalue weighted by molar-refractivity contribution is 7.80. The van der Waals surface area contributed by atoms with Crippen LogP contribution in [0.3, 0.4) is 0 Å². The van der Waals surface area contributed by atoms with Crippen LogP contribution >= 0.6 is 23.6 Å². The van der Waals surface area contributed by atoms with Crippen molar-refractivity contribution < 1.29 is 4.74 Å². The summed E-state index contributed by atoms with van der Waals surface area (Å²) in [7, 11) is 0. The Morgan fingerprint density at radius 1 is 1.50 bits per heavy atom. The Morgan fingerprint density at radius 2 is 2.35 bits per heavy atom. The molecule has 0 radical (unpaired) electrons. The summed E-state index contributed by atoms with van der Waals surface area (Å²) in [5, 5.41) is 11.9. The standard InChI is InChI=1S/C13H20N4OS2/c19-13(16-15-10-12-2-9-20-11-12)14-3-1-4-17-5-7-18-8-6-17/h2,9-11H,1,3-8H2,(H2,14,16,19)/b15-10-. The van der Waals surface area contributed by atoms with Crippen molar-refractivity contribution in [2.24, 2.45) is 5.10 Å². The van der Waals surface area contributed by atoms with Gasteiger partial charge in [-0.2, -0.15) is 16.4 Å². The molecule has 1 aromatic rings. The minimum atomic E-state index is 0.568. The minimum absolute atomic E-state index is 0.568. The van der Waals surface area contributed by atoms with Crippen molar-refractivity contribution >= 4 is 34.9 Å². The summed E-state index contributed by atoms with van der Waals surface area (Å²) >= 11 is 6.80. The van der Waals surface area contributed by atoms with Crippen molar-refractivity contribution in [2.45, 2.75) is 6.42 Å². The molecule has 0 aliphatic carbocycles. The van der Waals surface area contributed by atoms with Crippen LogP contribution in [0.25, 0.3) is 0 Å². The van der Waals surface area contributed by atoms with E-state index in [9.17, 15) is 0 Å². The molecule has 0 spiro atoms. The second-order valence-electron chi connectivity index (χ2n) is 4.49. The Labute approximate surface area is 129 Å². The average molecular weight is 312 g/mol. The van der Waals surface area contributed by atoms with Crippen LogP contribution in [-0.2, 0) is 4.74 Å². The van der Waals surface area contributed by atoms with Gasteiger partial charge in [-0.05, 0) is 42.0 Å². The predicted molar refractivity (Wildman–Crippen MR) is 87.5 cm³/mol. The first-order valence-electron chi connectivity index (χ1n) is 6.74. The Bertz CT molecular complexity index is 416. The normalized spacial score (nSPS) is 16.4. The SMILES string of the molecule is S=C(NCCCN1CCOCC1)N/N=C\c1ccsc1. The molecule has 0 aromatic carbocycles. The van der Waals surface area contributed by atoms with Gasteiger partial charge in [0.05, 0.1) is 19.4 Å². The fourth-order valence-electron chi connectivity index (χ4n) is 1.88. The van der Waals surface area contributed by atoms with E-state index in [1.54, 1.807) is 17.6 Å². The molecule has 1 aliphatic heterocycles. The minimum Gasteiger partial charge on any atom is -0.379 e. The van der Waals surface area contributed by atoms with Gasteiger partial charge in [-0.25, -0.2) is 0 Å². The lowest BCUT2D eigenvalue weighted by Gasteiger charge is -2.26. The maximum absolute atomic E-state index is 5.32. The van der Waals surface area contributed by atoms with Gasteiger partial charge in [0.25, 0.3) is 0 Å². The smallest absolute Gasteiger partial charge is 0.186 e. The molecule has 2 N–H and O–H groups in total. The monoisotopic (exact) mass is 312 g/mol. The number of hydrogen-bond donors (Lipinski definition) is 2. The second-order valence-corrected chi connectivity index (χ2v) is 5.68. The number of thiocarbonyl (C=S) groups is 1. The highest BCUT2D eigenvalue weighted by atomic mass is 32.1. The predicted octanol–water partition coefficient (Wildman–Crippen LogP) is 1.27. The van der Waals surface area contributed by atoms with Crippen LogP contribution in [0, 0.1) is 0 Å². The molecule has 1 aromatic heterocycles. The molecule has 20 heavy (non-hydrogen) atoms. The molecule has 0 bridgehead atoms. The molecule has 1 fully saturated rings. The highest BCUT2D eigenvalue weighted by Gasteiger charge is 2.08. The van der Waals surface area contributed by atoms with E-state index in [0.29, 0.717) is 5.11 Å². The maximum Gasteiger partial charge on any atom is 0.186 e. The van der Waals surface area contributed by atoms with Crippen LogP contribution in [0.1, 0.15) is 12.0 Å². The summed E-state index contributed by atoms with van der Waals surface area (Å²) in [4.78, 5) is 2.41. The first-order valence-corrected chi connectivity index (χ1v) is 8.09. The average Bonchev–Trinajstić information content (AvgIpc) is 2.98. The number of ether oxygens (including phenoxy) is 1. The lowest BCUT2D eigenvalue weighted by Crippen LogP contribution is -2.39. The van der Waals surface area contributed by atoms with Gasteiger partial charge in [-0.1, -0.05) is 0 Å². The zero-order chi connectivity index (χ0) is 14.0. The number of morpholine rings is 1. The van der Waals surface area contributed by atoms with Crippen LogP contribution < -0.4 is 10.7 Å². The summed E-state index contributed by atoms with van der Waals surface area (Å²) in [6.45, 7) is 5.71. The third kappa shape index (κ3) is 5.96. The quantitative estimate of drug-likeness (QED) is 0.358. The van der Waals surface area contributed by atoms with Crippen LogP contribution in [-0.4, -0.2) is 55.6 Å². The van der Waals surface area contributed by atoms with Crippen molar-refractivity contribution in [1.82, 2.24) is 15.6 Å². The van der Waals surface area contributed by atoms with Gasteiger partial charge < -0.3 is 10.1 Å². The van der Waals surface area contributed by atoms with Gasteiger partial charge in [0.2, 0.25) is 0 Å². The molecule has 7 heteroatoms. The zero-order valence-corrected chi connectivity index (χ0v) is 13.0. The van der Waals surface area contributed by atoms with Gasteiger partial charge in [-0.3, -0.25) is 10.3 Å². The Hall–Kier alpha value is -1.02. The topological polar surface area (TPSA) is 48.9 Å². The highest BCUT2D eigenvalue weighted by Crippen LogP contribution is 2.01.